The average molecular weight is 377 g/mol. The van der Waals surface area contributed by atoms with Gasteiger partial charge in [0.15, 0.2) is 0 Å². The summed E-state index contributed by atoms with van der Waals surface area (Å²) in [6, 6.07) is 12.6. The average Bonchev–Trinajstić information content (AvgIpc) is 3.37. The summed E-state index contributed by atoms with van der Waals surface area (Å²) in [5, 5.41) is 4.82. The van der Waals surface area contributed by atoms with E-state index in [0.29, 0.717) is 5.92 Å². The molecule has 28 heavy (non-hydrogen) atoms. The first-order valence-electron chi connectivity index (χ1n) is 9.98. The van der Waals surface area contributed by atoms with Gasteiger partial charge in [0.2, 0.25) is 0 Å². The highest BCUT2D eigenvalue weighted by molar-refractivity contribution is 5.70. The van der Waals surface area contributed by atoms with Crippen LogP contribution < -0.4 is 4.90 Å². The molecule has 1 aliphatic heterocycles. The zero-order chi connectivity index (χ0) is 19.5. The fourth-order valence-electron chi connectivity index (χ4n) is 3.77. The van der Waals surface area contributed by atoms with Gasteiger partial charge in [0.1, 0.15) is 12.1 Å². The number of benzene rings is 1. The molecule has 3 heterocycles. The normalized spacial score (nSPS) is 17.2. The fraction of sp³-hybridized carbons (Fsp3) is 0.409. The molecule has 1 atom stereocenters. The van der Waals surface area contributed by atoms with E-state index in [9.17, 15) is 0 Å². The van der Waals surface area contributed by atoms with E-state index in [1.165, 1.54) is 13.0 Å². The lowest BCUT2D eigenvalue weighted by Gasteiger charge is -2.15. The molecule has 1 aliphatic rings. The van der Waals surface area contributed by atoms with Crippen molar-refractivity contribution in [3.63, 3.8) is 0 Å². The highest BCUT2D eigenvalue weighted by atomic mass is 15.3. The van der Waals surface area contributed by atoms with Crippen molar-refractivity contribution in [3.05, 3.63) is 48.9 Å². The third-order valence-electron chi connectivity index (χ3n) is 5.55. The summed E-state index contributed by atoms with van der Waals surface area (Å²) in [5.41, 5.74) is 4.13. The first kappa shape index (κ1) is 18.6. The molecule has 0 saturated carbocycles. The van der Waals surface area contributed by atoms with Crippen molar-refractivity contribution in [1.82, 2.24) is 24.6 Å². The van der Waals surface area contributed by atoms with E-state index in [2.05, 4.69) is 74.9 Å². The lowest BCUT2D eigenvalue weighted by atomic mass is 10.1. The fourth-order valence-corrected chi connectivity index (χ4v) is 3.77. The van der Waals surface area contributed by atoms with E-state index in [0.717, 1.165) is 48.0 Å². The molecule has 146 valence electrons. The number of hydrogen-bond acceptors (Lipinski definition) is 5. The number of nitrogens with zero attached hydrogens (tertiary/aromatic N) is 6. The Morgan fingerprint density at radius 3 is 2.68 bits per heavy atom. The predicted octanol–water partition coefficient (Wildman–Crippen LogP) is 3.41. The number of aromatic nitrogens is 4. The minimum absolute atomic E-state index is 0.694. The third-order valence-corrected chi connectivity index (χ3v) is 5.55. The molecule has 0 spiro atoms. The lowest BCUT2D eigenvalue weighted by molar-refractivity contribution is 0.370. The minimum Gasteiger partial charge on any atom is -0.360 e. The second-order valence-corrected chi connectivity index (χ2v) is 7.70. The summed E-state index contributed by atoms with van der Waals surface area (Å²) in [6.07, 6.45) is 4.99. The first-order chi connectivity index (χ1) is 13.6. The van der Waals surface area contributed by atoms with Crippen molar-refractivity contribution < 1.29 is 0 Å². The van der Waals surface area contributed by atoms with Gasteiger partial charge in [0.05, 0.1) is 11.4 Å². The van der Waals surface area contributed by atoms with Gasteiger partial charge in [-0.05, 0) is 45.0 Å². The summed E-state index contributed by atoms with van der Waals surface area (Å²) in [4.78, 5) is 13.3. The molecular formula is C22H28N6. The first-order valence-corrected chi connectivity index (χ1v) is 9.98. The summed E-state index contributed by atoms with van der Waals surface area (Å²) in [5.74, 6) is 1.63. The summed E-state index contributed by atoms with van der Waals surface area (Å²) >= 11 is 0. The van der Waals surface area contributed by atoms with E-state index in [4.69, 9.17) is 5.10 Å². The van der Waals surface area contributed by atoms with Crippen LogP contribution in [0.5, 0.6) is 0 Å². The molecule has 0 aliphatic carbocycles. The van der Waals surface area contributed by atoms with Crippen LogP contribution in [0.2, 0.25) is 0 Å². The molecule has 4 rings (SSSR count). The molecule has 0 N–H and O–H groups in total. The Kier molecular flexibility index (Phi) is 5.39. The van der Waals surface area contributed by atoms with Crippen LogP contribution in [0, 0.1) is 5.92 Å². The lowest BCUT2D eigenvalue weighted by Crippen LogP contribution is -2.17. The topological polar surface area (TPSA) is 50.1 Å². The van der Waals surface area contributed by atoms with Crippen LogP contribution >= 0.6 is 0 Å². The van der Waals surface area contributed by atoms with Gasteiger partial charge in [-0.15, -0.1) is 0 Å². The van der Waals surface area contributed by atoms with Crippen molar-refractivity contribution in [2.45, 2.75) is 19.9 Å². The monoisotopic (exact) mass is 376 g/mol. The van der Waals surface area contributed by atoms with Crippen molar-refractivity contribution in [2.24, 2.45) is 5.92 Å². The molecule has 0 radical (unpaired) electrons. The Labute approximate surface area is 166 Å². The van der Waals surface area contributed by atoms with Gasteiger partial charge >= 0.3 is 0 Å². The summed E-state index contributed by atoms with van der Waals surface area (Å²) < 4.78 is 2.09. The SMILES string of the molecule is CCN(C)c1cc(-c2cccc(-c3ccn(CC4CCN(C)C4)n3)c2)ncn1. The molecule has 3 aromatic rings. The van der Waals surface area contributed by atoms with Crippen LogP contribution in [0.25, 0.3) is 22.5 Å². The molecule has 1 unspecified atom stereocenters. The third kappa shape index (κ3) is 4.07. The molecule has 2 aromatic heterocycles. The van der Waals surface area contributed by atoms with E-state index < -0.39 is 0 Å². The van der Waals surface area contributed by atoms with E-state index >= 15 is 0 Å². The summed E-state index contributed by atoms with van der Waals surface area (Å²) in [6.45, 7) is 6.36. The van der Waals surface area contributed by atoms with Crippen molar-refractivity contribution in [3.8, 4) is 22.5 Å². The number of likely N-dealkylation sites (tertiary alicyclic amines) is 1. The predicted molar refractivity (Wildman–Crippen MR) is 113 cm³/mol. The van der Waals surface area contributed by atoms with Crippen LogP contribution in [0.1, 0.15) is 13.3 Å². The Balaban J connectivity index is 1.54. The molecule has 1 fully saturated rings. The Hall–Kier alpha value is -2.73. The Morgan fingerprint density at radius 1 is 1.11 bits per heavy atom. The molecule has 1 aromatic carbocycles. The van der Waals surface area contributed by atoms with Gasteiger partial charge in [0.25, 0.3) is 0 Å². The van der Waals surface area contributed by atoms with E-state index in [1.54, 1.807) is 6.33 Å². The molecule has 0 bridgehead atoms. The van der Waals surface area contributed by atoms with E-state index in [-0.39, 0.29) is 0 Å². The zero-order valence-electron chi connectivity index (χ0n) is 16.9. The van der Waals surface area contributed by atoms with Crippen molar-refractivity contribution >= 4 is 5.82 Å². The molecule has 6 heteroatoms. The van der Waals surface area contributed by atoms with Gasteiger partial charge in [-0.25, -0.2) is 9.97 Å². The van der Waals surface area contributed by atoms with Crippen LogP contribution in [0.15, 0.2) is 48.9 Å². The van der Waals surface area contributed by atoms with Gasteiger partial charge in [-0.3, -0.25) is 4.68 Å². The molecule has 0 amide bonds. The van der Waals surface area contributed by atoms with Gasteiger partial charge in [-0.2, -0.15) is 5.10 Å². The number of hydrogen-bond donors (Lipinski definition) is 0. The highest BCUT2D eigenvalue weighted by Crippen LogP contribution is 2.26. The largest absolute Gasteiger partial charge is 0.360 e. The number of rotatable bonds is 6. The smallest absolute Gasteiger partial charge is 0.132 e. The van der Waals surface area contributed by atoms with E-state index in [1.807, 2.05) is 13.1 Å². The maximum Gasteiger partial charge on any atom is 0.132 e. The Bertz CT molecular complexity index is 934. The van der Waals surface area contributed by atoms with Crippen LogP contribution in [0.3, 0.4) is 0 Å². The summed E-state index contributed by atoms with van der Waals surface area (Å²) in [7, 11) is 4.23. The molecular weight excluding hydrogens is 348 g/mol. The Morgan fingerprint density at radius 2 is 1.93 bits per heavy atom. The van der Waals surface area contributed by atoms with Crippen molar-refractivity contribution in [1.29, 1.82) is 0 Å². The zero-order valence-corrected chi connectivity index (χ0v) is 16.9. The van der Waals surface area contributed by atoms with Gasteiger partial charge in [0, 0.05) is 50.1 Å². The van der Waals surface area contributed by atoms with Crippen LogP contribution in [-0.2, 0) is 6.54 Å². The van der Waals surface area contributed by atoms with Crippen LogP contribution in [0.4, 0.5) is 5.82 Å². The second-order valence-electron chi connectivity index (χ2n) is 7.70. The van der Waals surface area contributed by atoms with Gasteiger partial charge < -0.3 is 9.80 Å². The van der Waals surface area contributed by atoms with Crippen LogP contribution in [-0.4, -0.2) is 58.4 Å². The number of anilines is 1. The second kappa shape index (κ2) is 8.10. The van der Waals surface area contributed by atoms with Gasteiger partial charge in [-0.1, -0.05) is 18.2 Å². The maximum atomic E-state index is 4.82. The highest BCUT2D eigenvalue weighted by Gasteiger charge is 2.20. The molecule has 1 saturated heterocycles. The standard InChI is InChI=1S/C22H28N6/c1-4-27(3)22-13-21(23-16-24-22)19-7-5-6-18(12-19)20-9-11-28(25-20)15-17-8-10-26(2)14-17/h5-7,9,11-13,16-17H,4,8,10,14-15H2,1-3H3. The van der Waals surface area contributed by atoms with Crippen molar-refractivity contribution in [2.75, 3.05) is 38.6 Å². The quantitative estimate of drug-likeness (QED) is 0.660. The minimum atomic E-state index is 0.694. The maximum absolute atomic E-state index is 4.82. The molecule has 6 nitrogen and oxygen atoms in total.